The summed E-state index contributed by atoms with van der Waals surface area (Å²) in [4.78, 5) is 0. The molecule has 0 aliphatic carbocycles. The van der Waals surface area contributed by atoms with Crippen LogP contribution >= 0.6 is 0 Å². The normalized spacial score (nSPS) is 11.7. The van der Waals surface area contributed by atoms with Crippen molar-refractivity contribution < 1.29 is 9.15 Å². The van der Waals surface area contributed by atoms with Crippen LogP contribution in [0.25, 0.3) is 22.9 Å². The van der Waals surface area contributed by atoms with E-state index in [0.29, 0.717) is 5.89 Å². The number of H-pyrrole nitrogens is 1. The number of aryl methyl sites for hydroxylation is 2. The Bertz CT molecular complexity index is 848. The minimum Gasteiger partial charge on any atom is -0.496 e. The maximum absolute atomic E-state index is 5.32. The number of methoxy groups -OCH3 is 1. The number of benzene rings is 1. The van der Waals surface area contributed by atoms with Gasteiger partial charge in [-0.3, -0.25) is 5.10 Å². The highest BCUT2D eigenvalue weighted by Crippen LogP contribution is 2.30. The molecule has 3 rings (SSSR count). The summed E-state index contributed by atoms with van der Waals surface area (Å²) in [5.74, 6) is 1.36. The highest BCUT2D eigenvalue weighted by molar-refractivity contribution is 5.84. The van der Waals surface area contributed by atoms with Gasteiger partial charge in [-0.05, 0) is 50.6 Å². The Morgan fingerprint density at radius 2 is 2.13 bits per heavy atom. The molecule has 0 unspecified atom stereocenters. The molecule has 2 aromatic heterocycles. The topological polar surface area (TPSA) is 76.8 Å². The Hall–Kier alpha value is -2.89. The average Bonchev–Trinajstić information content (AvgIpc) is 3.18. The fourth-order valence-electron chi connectivity index (χ4n) is 2.48. The van der Waals surface area contributed by atoms with Crippen LogP contribution in [0.2, 0.25) is 0 Å². The zero-order valence-corrected chi connectivity index (χ0v) is 13.5. The number of aromatic amines is 1. The molecular weight excluding hydrogens is 292 g/mol. The number of rotatable bonds is 4. The van der Waals surface area contributed by atoms with Gasteiger partial charge < -0.3 is 9.15 Å². The number of ether oxygens (including phenoxy) is 1. The van der Waals surface area contributed by atoms with E-state index >= 15 is 0 Å². The zero-order valence-electron chi connectivity index (χ0n) is 13.5. The molecule has 0 atom stereocenters. The molecule has 0 aliphatic rings. The highest BCUT2D eigenvalue weighted by Gasteiger charge is 2.13. The number of aromatic nitrogens is 4. The molecule has 1 N–H and O–H groups in total. The summed E-state index contributed by atoms with van der Waals surface area (Å²) < 4.78 is 10.6. The molecule has 3 aromatic rings. The number of allylic oxidation sites excluding steroid dienone is 1. The van der Waals surface area contributed by atoms with E-state index in [1.165, 1.54) is 6.39 Å². The third-order valence-corrected chi connectivity index (χ3v) is 3.72. The van der Waals surface area contributed by atoms with Gasteiger partial charge >= 0.3 is 0 Å². The number of nitrogens with zero attached hydrogens (tertiary/aromatic N) is 3. The monoisotopic (exact) mass is 310 g/mol. The molecule has 0 amide bonds. The molecule has 0 bridgehead atoms. The van der Waals surface area contributed by atoms with Crippen molar-refractivity contribution in [2.45, 2.75) is 20.8 Å². The lowest BCUT2D eigenvalue weighted by molar-refractivity contribution is 0.412. The van der Waals surface area contributed by atoms with E-state index in [2.05, 4.69) is 26.5 Å². The van der Waals surface area contributed by atoms with Gasteiger partial charge in [0.1, 0.15) is 5.75 Å². The van der Waals surface area contributed by atoms with Crippen molar-refractivity contribution in [1.29, 1.82) is 0 Å². The lowest BCUT2D eigenvalue weighted by atomic mass is 10.0. The highest BCUT2D eigenvalue weighted by atomic mass is 16.5. The Labute approximate surface area is 134 Å². The maximum Gasteiger partial charge on any atom is 0.243 e. The van der Waals surface area contributed by atoms with Gasteiger partial charge in [0.2, 0.25) is 12.3 Å². The summed E-state index contributed by atoms with van der Waals surface area (Å²) in [6.07, 6.45) is 3.32. The number of hydrogen-bond donors (Lipinski definition) is 1. The molecule has 0 saturated carbocycles. The Balaban J connectivity index is 2.06. The lowest BCUT2D eigenvalue weighted by Gasteiger charge is -2.07. The molecule has 6 nitrogen and oxygen atoms in total. The van der Waals surface area contributed by atoms with Crippen LogP contribution < -0.4 is 4.74 Å². The van der Waals surface area contributed by atoms with E-state index in [0.717, 1.165) is 39.4 Å². The van der Waals surface area contributed by atoms with Crippen LogP contribution in [0.4, 0.5) is 0 Å². The SMILES string of the molecule is COc1ccc(-c2n[nH]c(C)c2/C=C(\C)c2nnco2)cc1C. The van der Waals surface area contributed by atoms with Crippen molar-refractivity contribution >= 4 is 11.6 Å². The molecule has 1 aromatic carbocycles. The van der Waals surface area contributed by atoms with Gasteiger partial charge in [-0.2, -0.15) is 5.10 Å². The van der Waals surface area contributed by atoms with Gasteiger partial charge in [0.25, 0.3) is 0 Å². The second kappa shape index (κ2) is 6.08. The second-order valence-corrected chi connectivity index (χ2v) is 5.37. The van der Waals surface area contributed by atoms with E-state index in [-0.39, 0.29) is 0 Å². The fourth-order valence-corrected chi connectivity index (χ4v) is 2.48. The quantitative estimate of drug-likeness (QED) is 0.796. The summed E-state index contributed by atoms with van der Waals surface area (Å²) >= 11 is 0. The van der Waals surface area contributed by atoms with Crippen LogP contribution in [0, 0.1) is 13.8 Å². The van der Waals surface area contributed by atoms with Crippen molar-refractivity contribution in [1.82, 2.24) is 20.4 Å². The van der Waals surface area contributed by atoms with Gasteiger partial charge in [-0.25, -0.2) is 0 Å². The summed E-state index contributed by atoms with van der Waals surface area (Å²) in [6, 6.07) is 6.02. The molecule has 118 valence electrons. The van der Waals surface area contributed by atoms with Crippen molar-refractivity contribution in [2.24, 2.45) is 0 Å². The minimum atomic E-state index is 0.502. The minimum absolute atomic E-state index is 0.502. The first kappa shape index (κ1) is 15.0. The summed E-state index contributed by atoms with van der Waals surface area (Å²) in [5.41, 5.74) is 5.84. The third kappa shape index (κ3) is 2.88. The fraction of sp³-hybridized carbons (Fsp3) is 0.235. The summed E-state index contributed by atoms with van der Waals surface area (Å²) in [7, 11) is 1.67. The van der Waals surface area contributed by atoms with Gasteiger partial charge in [0.15, 0.2) is 0 Å². The number of nitrogens with one attached hydrogen (secondary N) is 1. The molecule has 0 saturated heterocycles. The van der Waals surface area contributed by atoms with Crippen molar-refractivity contribution in [3.05, 3.63) is 47.3 Å². The van der Waals surface area contributed by atoms with Gasteiger partial charge in [-0.15, -0.1) is 10.2 Å². The smallest absolute Gasteiger partial charge is 0.243 e. The second-order valence-electron chi connectivity index (χ2n) is 5.37. The van der Waals surface area contributed by atoms with Crippen molar-refractivity contribution in [3.63, 3.8) is 0 Å². The Kier molecular flexibility index (Phi) is 3.97. The summed E-state index contributed by atoms with van der Waals surface area (Å²) in [6.45, 7) is 5.93. The number of hydrogen-bond acceptors (Lipinski definition) is 5. The standard InChI is InChI=1S/C17H18N4O2/c1-10-7-13(5-6-15(10)22-4)16-14(12(3)19-20-16)8-11(2)17-21-18-9-23-17/h5-9H,1-4H3,(H,19,20)/b11-8+. The molecule has 0 fully saturated rings. The van der Waals surface area contributed by atoms with Crippen molar-refractivity contribution in [3.8, 4) is 17.0 Å². The first-order valence-electron chi connectivity index (χ1n) is 7.25. The van der Waals surface area contributed by atoms with E-state index in [4.69, 9.17) is 9.15 Å². The van der Waals surface area contributed by atoms with Crippen LogP contribution in [-0.4, -0.2) is 27.5 Å². The van der Waals surface area contributed by atoms with Crippen LogP contribution in [0.3, 0.4) is 0 Å². The largest absolute Gasteiger partial charge is 0.496 e. The molecular formula is C17H18N4O2. The zero-order chi connectivity index (χ0) is 16.4. The van der Waals surface area contributed by atoms with Gasteiger partial charge in [0, 0.05) is 22.4 Å². The lowest BCUT2D eigenvalue weighted by Crippen LogP contribution is -1.89. The van der Waals surface area contributed by atoms with E-state index < -0.39 is 0 Å². The van der Waals surface area contributed by atoms with E-state index in [1.807, 2.05) is 39.0 Å². The first-order chi connectivity index (χ1) is 11.1. The molecule has 2 heterocycles. The molecule has 0 spiro atoms. The van der Waals surface area contributed by atoms with Crippen LogP contribution in [0.1, 0.15) is 29.6 Å². The average molecular weight is 310 g/mol. The van der Waals surface area contributed by atoms with Crippen molar-refractivity contribution in [2.75, 3.05) is 7.11 Å². The molecule has 0 aliphatic heterocycles. The molecule has 0 radical (unpaired) electrons. The van der Waals surface area contributed by atoms with Crippen LogP contribution in [0.15, 0.2) is 29.0 Å². The predicted octanol–water partition coefficient (Wildman–Crippen LogP) is 3.65. The first-order valence-corrected chi connectivity index (χ1v) is 7.25. The van der Waals surface area contributed by atoms with Gasteiger partial charge in [-0.1, -0.05) is 0 Å². The Morgan fingerprint density at radius 1 is 1.30 bits per heavy atom. The maximum atomic E-state index is 5.32. The third-order valence-electron chi connectivity index (χ3n) is 3.72. The summed E-state index contributed by atoms with van der Waals surface area (Å²) in [5, 5.41) is 15.1. The van der Waals surface area contributed by atoms with Crippen LogP contribution in [-0.2, 0) is 0 Å². The predicted molar refractivity (Wildman–Crippen MR) is 87.9 cm³/mol. The van der Waals surface area contributed by atoms with E-state index in [1.54, 1.807) is 7.11 Å². The molecule has 6 heteroatoms. The van der Waals surface area contributed by atoms with Crippen LogP contribution in [0.5, 0.6) is 5.75 Å². The molecule has 23 heavy (non-hydrogen) atoms. The Morgan fingerprint density at radius 3 is 2.78 bits per heavy atom. The van der Waals surface area contributed by atoms with Gasteiger partial charge in [0.05, 0.1) is 12.8 Å². The van der Waals surface area contributed by atoms with E-state index in [9.17, 15) is 0 Å².